The average molecular weight is 509 g/mol. The van der Waals surface area contributed by atoms with Gasteiger partial charge < -0.3 is 19.5 Å². The van der Waals surface area contributed by atoms with Crippen LogP contribution >= 0.6 is 11.8 Å². The number of rotatable bonds is 11. The van der Waals surface area contributed by atoms with E-state index in [2.05, 4.69) is 17.2 Å². The number of benzene rings is 2. The summed E-state index contributed by atoms with van der Waals surface area (Å²) in [6.45, 7) is 6.83. The largest absolute Gasteiger partial charge is 0.490 e. The molecule has 1 aliphatic heterocycles. The predicted octanol–water partition coefficient (Wildman–Crippen LogP) is 5.61. The second-order valence-electron chi connectivity index (χ2n) is 8.34. The Bertz CT molecular complexity index is 1230. The number of aromatic nitrogens is 3. The number of esters is 1. The smallest absolute Gasteiger partial charge is 0.338 e. The number of methoxy groups -OCH3 is 1. The van der Waals surface area contributed by atoms with Crippen molar-refractivity contribution < 1.29 is 19.0 Å². The minimum absolute atomic E-state index is 0.422. The average Bonchev–Trinajstić information content (AvgIpc) is 3.29. The Morgan fingerprint density at radius 3 is 2.64 bits per heavy atom. The topological polar surface area (TPSA) is 87.5 Å². The molecular weight excluding hydrogens is 476 g/mol. The molecule has 1 atom stereocenters. The predicted molar refractivity (Wildman–Crippen MR) is 141 cm³/mol. The van der Waals surface area contributed by atoms with Crippen LogP contribution in [0, 0.1) is 0 Å². The van der Waals surface area contributed by atoms with Gasteiger partial charge in [0.25, 0.3) is 0 Å². The molecule has 0 saturated carbocycles. The van der Waals surface area contributed by atoms with Crippen molar-refractivity contribution in [1.29, 1.82) is 0 Å². The Kier molecular flexibility index (Phi) is 8.53. The molecule has 2 aromatic carbocycles. The molecule has 190 valence electrons. The number of allylic oxidation sites excluding steroid dienone is 1. The zero-order valence-electron chi connectivity index (χ0n) is 21.1. The highest BCUT2D eigenvalue weighted by atomic mass is 32.2. The third-order valence-corrected chi connectivity index (χ3v) is 6.71. The van der Waals surface area contributed by atoms with E-state index in [1.54, 1.807) is 16.4 Å². The number of ether oxygens (including phenoxy) is 3. The molecule has 1 unspecified atom stereocenters. The standard InChI is InChI=1S/C27H32N4O4S/c1-5-7-15-36-27-29-26-28-18(3)23(25(32)33-4)24(31(26)30-27)20-13-14-21(22(16-20)34-6-2)35-17-19-11-9-8-10-12-19/h8-14,16,24H,5-7,15,17H2,1-4H3,(H,28,29,30). The van der Waals surface area contributed by atoms with Gasteiger partial charge in [0.1, 0.15) is 12.6 Å². The number of carbonyl (C=O) groups excluding carboxylic acids is 1. The Hall–Kier alpha value is -3.46. The fourth-order valence-electron chi connectivity index (χ4n) is 4.00. The summed E-state index contributed by atoms with van der Waals surface area (Å²) in [4.78, 5) is 17.6. The molecule has 0 fully saturated rings. The SMILES string of the molecule is CCCCSc1nc2n(n1)C(c1ccc(OCc3ccccc3)c(OCC)c1)C(C(=O)OC)=C(C)N2. The molecule has 0 radical (unpaired) electrons. The normalized spacial score (nSPS) is 14.7. The Morgan fingerprint density at radius 2 is 1.92 bits per heavy atom. The number of fused-ring (bicyclic) bond motifs is 1. The van der Waals surface area contributed by atoms with Crippen molar-refractivity contribution in [3.8, 4) is 11.5 Å². The van der Waals surface area contributed by atoms with Crippen LogP contribution in [0.4, 0.5) is 5.95 Å². The van der Waals surface area contributed by atoms with Crippen molar-refractivity contribution in [2.75, 3.05) is 24.8 Å². The Morgan fingerprint density at radius 1 is 1.11 bits per heavy atom. The number of carbonyl (C=O) groups is 1. The first kappa shape index (κ1) is 25.6. The summed E-state index contributed by atoms with van der Waals surface area (Å²) in [5.74, 6) is 2.34. The lowest BCUT2D eigenvalue weighted by atomic mass is 9.95. The highest BCUT2D eigenvalue weighted by Crippen LogP contribution is 2.40. The number of hydrogen-bond donors (Lipinski definition) is 1. The fourth-order valence-corrected chi connectivity index (χ4v) is 4.91. The van der Waals surface area contributed by atoms with Crippen molar-refractivity contribution in [2.45, 2.75) is 51.4 Å². The maximum atomic E-state index is 12.9. The van der Waals surface area contributed by atoms with Crippen LogP contribution in [0.15, 0.2) is 65.0 Å². The number of nitrogens with one attached hydrogen (secondary N) is 1. The van der Waals surface area contributed by atoms with Crippen LogP contribution in [-0.2, 0) is 16.1 Å². The zero-order chi connectivity index (χ0) is 25.5. The molecule has 3 aromatic rings. The van der Waals surface area contributed by atoms with Gasteiger partial charge >= 0.3 is 5.97 Å². The summed E-state index contributed by atoms with van der Waals surface area (Å²) in [7, 11) is 1.38. The summed E-state index contributed by atoms with van der Waals surface area (Å²) >= 11 is 1.61. The zero-order valence-corrected chi connectivity index (χ0v) is 21.9. The van der Waals surface area contributed by atoms with Crippen molar-refractivity contribution in [3.05, 3.63) is 70.9 Å². The Labute approximate surface area is 216 Å². The van der Waals surface area contributed by atoms with Gasteiger partial charge in [-0.25, -0.2) is 9.48 Å². The van der Waals surface area contributed by atoms with Crippen molar-refractivity contribution in [3.63, 3.8) is 0 Å². The van der Waals surface area contributed by atoms with Gasteiger partial charge in [0.05, 0.1) is 19.3 Å². The molecule has 1 N–H and O–H groups in total. The Balaban J connectivity index is 1.71. The monoisotopic (exact) mass is 508 g/mol. The molecule has 4 rings (SSSR count). The van der Waals surface area contributed by atoms with E-state index in [-0.39, 0.29) is 0 Å². The summed E-state index contributed by atoms with van der Waals surface area (Å²) in [5, 5.41) is 8.64. The molecule has 0 spiro atoms. The van der Waals surface area contributed by atoms with Crippen LogP contribution in [0.25, 0.3) is 0 Å². The van der Waals surface area contributed by atoms with Crippen LogP contribution in [0.5, 0.6) is 11.5 Å². The van der Waals surface area contributed by atoms with E-state index in [1.165, 1.54) is 7.11 Å². The first-order valence-corrected chi connectivity index (χ1v) is 13.1. The molecule has 0 bridgehead atoms. The first-order chi connectivity index (χ1) is 17.5. The highest BCUT2D eigenvalue weighted by Gasteiger charge is 2.35. The van der Waals surface area contributed by atoms with E-state index in [4.69, 9.17) is 19.3 Å². The van der Waals surface area contributed by atoms with Gasteiger partial charge in [-0.3, -0.25) is 0 Å². The van der Waals surface area contributed by atoms with Gasteiger partial charge in [-0.05, 0) is 43.5 Å². The second kappa shape index (κ2) is 12.0. The first-order valence-electron chi connectivity index (χ1n) is 12.1. The molecule has 0 aliphatic carbocycles. The molecule has 0 amide bonds. The number of hydrogen-bond acceptors (Lipinski definition) is 8. The molecule has 1 aliphatic rings. The summed E-state index contributed by atoms with van der Waals surface area (Å²) in [5.41, 5.74) is 3.04. The third kappa shape index (κ3) is 5.67. The molecule has 9 heteroatoms. The number of anilines is 1. The number of thioether (sulfide) groups is 1. The summed E-state index contributed by atoms with van der Waals surface area (Å²) in [6, 6.07) is 15.2. The molecule has 8 nitrogen and oxygen atoms in total. The third-order valence-electron chi connectivity index (χ3n) is 5.79. The second-order valence-corrected chi connectivity index (χ2v) is 9.40. The summed E-state index contributed by atoms with van der Waals surface area (Å²) in [6.07, 6.45) is 2.19. The molecule has 1 aromatic heterocycles. The lowest BCUT2D eigenvalue weighted by Crippen LogP contribution is -2.29. The van der Waals surface area contributed by atoms with Crippen LogP contribution in [0.1, 0.15) is 50.8 Å². The maximum Gasteiger partial charge on any atom is 0.338 e. The van der Waals surface area contributed by atoms with E-state index < -0.39 is 12.0 Å². The lowest BCUT2D eigenvalue weighted by Gasteiger charge is -2.28. The van der Waals surface area contributed by atoms with E-state index in [9.17, 15) is 4.79 Å². The molecule has 0 saturated heterocycles. The van der Waals surface area contributed by atoms with Gasteiger partial charge in [0.2, 0.25) is 11.1 Å². The van der Waals surface area contributed by atoms with Crippen LogP contribution < -0.4 is 14.8 Å². The van der Waals surface area contributed by atoms with Crippen LogP contribution in [0.3, 0.4) is 0 Å². The molecule has 36 heavy (non-hydrogen) atoms. The minimum atomic E-state index is -0.524. The van der Waals surface area contributed by atoms with E-state index in [0.29, 0.717) is 47.1 Å². The minimum Gasteiger partial charge on any atom is -0.490 e. The van der Waals surface area contributed by atoms with Gasteiger partial charge in [-0.1, -0.05) is 61.5 Å². The van der Waals surface area contributed by atoms with Crippen molar-refractivity contribution >= 4 is 23.7 Å². The van der Waals surface area contributed by atoms with E-state index in [0.717, 1.165) is 29.7 Å². The quantitative estimate of drug-likeness (QED) is 0.203. The van der Waals surface area contributed by atoms with Gasteiger partial charge in [0, 0.05) is 11.4 Å². The molecule has 2 heterocycles. The highest BCUT2D eigenvalue weighted by molar-refractivity contribution is 7.99. The maximum absolute atomic E-state index is 12.9. The number of nitrogens with zero attached hydrogens (tertiary/aromatic N) is 3. The van der Waals surface area contributed by atoms with Gasteiger partial charge in [-0.2, -0.15) is 4.98 Å². The van der Waals surface area contributed by atoms with E-state index in [1.807, 2.05) is 62.4 Å². The van der Waals surface area contributed by atoms with Gasteiger partial charge in [0.15, 0.2) is 11.5 Å². The fraction of sp³-hybridized carbons (Fsp3) is 0.370. The van der Waals surface area contributed by atoms with Crippen LogP contribution in [-0.4, -0.2) is 40.2 Å². The van der Waals surface area contributed by atoms with Gasteiger partial charge in [-0.15, -0.1) is 5.10 Å². The van der Waals surface area contributed by atoms with Crippen molar-refractivity contribution in [2.24, 2.45) is 0 Å². The van der Waals surface area contributed by atoms with Crippen LogP contribution in [0.2, 0.25) is 0 Å². The molecular formula is C27H32N4O4S. The summed E-state index contributed by atoms with van der Waals surface area (Å²) < 4.78 is 18.9. The number of unbranched alkanes of at least 4 members (excludes halogenated alkanes) is 1. The van der Waals surface area contributed by atoms with Crippen molar-refractivity contribution in [1.82, 2.24) is 14.8 Å². The van der Waals surface area contributed by atoms with E-state index >= 15 is 0 Å². The lowest BCUT2D eigenvalue weighted by molar-refractivity contribution is -0.136.